The van der Waals surface area contributed by atoms with Crippen LogP contribution in [0.3, 0.4) is 0 Å². The molecule has 136 valence electrons. The summed E-state index contributed by atoms with van der Waals surface area (Å²) in [5, 5.41) is 17.3. The molecule has 23 heavy (non-hydrogen) atoms. The molecule has 1 aliphatic carbocycles. The molecule has 0 heterocycles. The van der Waals surface area contributed by atoms with Gasteiger partial charge in [0.1, 0.15) is 5.76 Å². The number of allylic oxidation sites excluding steroid dienone is 1. The Hall–Kier alpha value is -0.660. The fourth-order valence-corrected chi connectivity index (χ4v) is 2.64. The standard InChI is InChI=1S/C17H32O6/c1-3-4-5-6-7-8-10-13-16(2)18-20-22-23-21-19-17-14-11-9-12-15-17/h17H,2-15H2,1H3. The average Bonchev–Trinajstić information content (AvgIpc) is 2.58. The van der Waals surface area contributed by atoms with Crippen molar-refractivity contribution >= 4 is 0 Å². The van der Waals surface area contributed by atoms with Crippen molar-refractivity contribution in [3.05, 3.63) is 12.3 Å². The Morgan fingerprint density at radius 3 is 2.22 bits per heavy atom. The van der Waals surface area contributed by atoms with Crippen molar-refractivity contribution in [1.29, 1.82) is 0 Å². The largest absolute Gasteiger partial charge is 0.311 e. The number of hydrogen-bond acceptors (Lipinski definition) is 6. The Kier molecular flexibility index (Phi) is 13.2. The smallest absolute Gasteiger partial charge is 0.138 e. The topological polar surface area (TPSA) is 55.4 Å². The first-order chi connectivity index (χ1) is 11.3. The SMILES string of the molecule is C=C(CCCCCCCCC)OOOOOOC1CCCCC1. The van der Waals surface area contributed by atoms with Gasteiger partial charge in [-0.1, -0.05) is 71.3 Å². The molecule has 0 N–H and O–H groups in total. The molecule has 1 rings (SSSR count). The van der Waals surface area contributed by atoms with E-state index in [1.807, 2.05) is 0 Å². The number of unbranched alkanes of at least 4 members (excludes halogenated alkanes) is 6. The molecule has 0 amide bonds. The van der Waals surface area contributed by atoms with Crippen molar-refractivity contribution in [2.24, 2.45) is 0 Å². The minimum Gasteiger partial charge on any atom is -0.311 e. The second kappa shape index (κ2) is 14.9. The highest BCUT2D eigenvalue weighted by Gasteiger charge is 2.15. The Bertz CT molecular complexity index is 278. The molecule has 6 heteroatoms. The van der Waals surface area contributed by atoms with E-state index in [1.54, 1.807) is 0 Å². The molecular weight excluding hydrogens is 300 g/mol. The molecule has 1 fully saturated rings. The second-order valence-corrected chi connectivity index (χ2v) is 6.12. The van der Waals surface area contributed by atoms with Crippen LogP contribution in [0.25, 0.3) is 0 Å². The van der Waals surface area contributed by atoms with E-state index in [9.17, 15) is 0 Å². The molecule has 0 aromatic carbocycles. The third-order valence-electron chi connectivity index (χ3n) is 4.02. The van der Waals surface area contributed by atoms with Crippen molar-refractivity contribution < 1.29 is 29.9 Å². The fourth-order valence-electron chi connectivity index (χ4n) is 2.64. The molecule has 0 aromatic rings. The molecule has 0 atom stereocenters. The monoisotopic (exact) mass is 332 g/mol. The highest BCUT2D eigenvalue weighted by molar-refractivity contribution is 4.79. The highest BCUT2D eigenvalue weighted by atomic mass is 17.8. The van der Waals surface area contributed by atoms with Crippen LogP contribution in [0, 0.1) is 0 Å². The summed E-state index contributed by atoms with van der Waals surface area (Å²) >= 11 is 0. The van der Waals surface area contributed by atoms with Gasteiger partial charge in [-0.05, 0) is 29.3 Å². The van der Waals surface area contributed by atoms with Crippen molar-refractivity contribution in [2.75, 3.05) is 0 Å². The van der Waals surface area contributed by atoms with Crippen LogP contribution in [0.5, 0.6) is 0 Å². The lowest BCUT2D eigenvalue weighted by Gasteiger charge is -2.18. The lowest BCUT2D eigenvalue weighted by molar-refractivity contribution is -0.756. The van der Waals surface area contributed by atoms with Crippen LogP contribution >= 0.6 is 0 Å². The third kappa shape index (κ3) is 12.4. The van der Waals surface area contributed by atoms with E-state index in [4.69, 9.17) is 9.78 Å². The highest BCUT2D eigenvalue weighted by Crippen LogP contribution is 2.20. The van der Waals surface area contributed by atoms with Crippen molar-refractivity contribution in [3.8, 4) is 0 Å². The molecule has 0 bridgehead atoms. The maximum absolute atomic E-state index is 5.00. The zero-order valence-corrected chi connectivity index (χ0v) is 14.4. The van der Waals surface area contributed by atoms with Gasteiger partial charge in [-0.2, -0.15) is 0 Å². The zero-order chi connectivity index (χ0) is 16.6. The van der Waals surface area contributed by atoms with Gasteiger partial charge in [0.2, 0.25) is 0 Å². The van der Waals surface area contributed by atoms with Crippen molar-refractivity contribution in [2.45, 2.75) is 96.5 Å². The molecule has 0 aliphatic heterocycles. The van der Waals surface area contributed by atoms with E-state index in [1.165, 1.54) is 44.9 Å². The number of rotatable bonds is 15. The van der Waals surface area contributed by atoms with Gasteiger partial charge in [-0.25, -0.2) is 4.89 Å². The van der Waals surface area contributed by atoms with Crippen LogP contribution in [-0.2, 0) is 29.9 Å². The average molecular weight is 332 g/mol. The lowest BCUT2D eigenvalue weighted by Crippen LogP contribution is -2.17. The fraction of sp³-hybridized carbons (Fsp3) is 0.882. The zero-order valence-electron chi connectivity index (χ0n) is 14.4. The Morgan fingerprint density at radius 2 is 1.48 bits per heavy atom. The van der Waals surface area contributed by atoms with Crippen LogP contribution in [0.1, 0.15) is 90.4 Å². The summed E-state index contributed by atoms with van der Waals surface area (Å²) in [6.07, 6.45) is 14.9. The molecule has 0 aromatic heterocycles. The van der Waals surface area contributed by atoms with Gasteiger partial charge < -0.3 is 4.89 Å². The van der Waals surface area contributed by atoms with Gasteiger partial charge in [-0.15, -0.1) is 0 Å². The van der Waals surface area contributed by atoms with Crippen LogP contribution in [-0.4, -0.2) is 6.10 Å². The maximum atomic E-state index is 5.00. The minimum absolute atomic E-state index is 0.0561. The van der Waals surface area contributed by atoms with E-state index >= 15 is 0 Å². The summed E-state index contributed by atoms with van der Waals surface area (Å²) in [7, 11) is 0. The van der Waals surface area contributed by atoms with E-state index in [0.717, 1.165) is 38.5 Å². The van der Waals surface area contributed by atoms with Crippen molar-refractivity contribution in [3.63, 3.8) is 0 Å². The van der Waals surface area contributed by atoms with Crippen LogP contribution in [0.15, 0.2) is 12.3 Å². The van der Waals surface area contributed by atoms with Crippen LogP contribution < -0.4 is 0 Å². The van der Waals surface area contributed by atoms with E-state index in [-0.39, 0.29) is 6.10 Å². The van der Waals surface area contributed by atoms with E-state index in [0.29, 0.717) is 5.76 Å². The summed E-state index contributed by atoms with van der Waals surface area (Å²) in [6, 6.07) is 0. The van der Waals surface area contributed by atoms with Gasteiger partial charge in [-0.3, -0.25) is 0 Å². The summed E-state index contributed by atoms with van der Waals surface area (Å²) in [4.78, 5) is 9.81. The quantitative estimate of drug-likeness (QED) is 0.167. The summed E-state index contributed by atoms with van der Waals surface area (Å²) in [6.45, 7) is 5.96. The van der Waals surface area contributed by atoms with Gasteiger partial charge in [0, 0.05) is 16.5 Å². The second-order valence-electron chi connectivity index (χ2n) is 6.12. The van der Waals surface area contributed by atoms with Gasteiger partial charge >= 0.3 is 0 Å². The van der Waals surface area contributed by atoms with E-state index in [2.05, 4.69) is 33.7 Å². The molecule has 1 saturated carbocycles. The first-order valence-electron chi connectivity index (χ1n) is 9.00. The molecule has 0 unspecified atom stereocenters. The van der Waals surface area contributed by atoms with Gasteiger partial charge in [0.15, 0.2) is 0 Å². The van der Waals surface area contributed by atoms with Crippen LogP contribution in [0.2, 0.25) is 0 Å². The molecule has 6 nitrogen and oxygen atoms in total. The normalized spacial score (nSPS) is 15.7. The molecular formula is C17H32O6. The summed E-state index contributed by atoms with van der Waals surface area (Å²) < 4.78 is 0. The predicted molar refractivity (Wildman–Crippen MR) is 85.1 cm³/mol. The Morgan fingerprint density at radius 1 is 0.826 bits per heavy atom. The molecule has 0 radical (unpaired) electrons. The predicted octanol–water partition coefficient (Wildman–Crippen LogP) is 5.65. The van der Waals surface area contributed by atoms with Crippen molar-refractivity contribution in [1.82, 2.24) is 0 Å². The molecule has 1 aliphatic rings. The summed E-state index contributed by atoms with van der Waals surface area (Å²) in [5.41, 5.74) is 0. The Labute approximate surface area is 139 Å². The maximum Gasteiger partial charge on any atom is 0.138 e. The lowest BCUT2D eigenvalue weighted by atomic mass is 9.98. The summed E-state index contributed by atoms with van der Waals surface area (Å²) in [5.74, 6) is 0.496. The van der Waals surface area contributed by atoms with E-state index < -0.39 is 0 Å². The first-order valence-corrected chi connectivity index (χ1v) is 9.00. The first kappa shape index (κ1) is 20.4. The van der Waals surface area contributed by atoms with Gasteiger partial charge in [0.05, 0.1) is 6.10 Å². The van der Waals surface area contributed by atoms with Crippen LogP contribution in [0.4, 0.5) is 0 Å². The molecule has 0 spiro atoms. The number of hydrogen-bond donors (Lipinski definition) is 0. The minimum atomic E-state index is 0.0561. The molecule has 0 saturated heterocycles. The third-order valence-corrected chi connectivity index (χ3v) is 4.02. The van der Waals surface area contributed by atoms with Gasteiger partial charge in [0.25, 0.3) is 0 Å². The Balaban J connectivity index is 1.79.